The van der Waals surface area contributed by atoms with Crippen LogP contribution in [0.1, 0.15) is 16.7 Å². The average Bonchev–Trinajstić information content (AvgIpc) is 2.63. The van der Waals surface area contributed by atoms with Crippen molar-refractivity contribution in [3.05, 3.63) is 70.8 Å². The second kappa shape index (κ2) is 8.81. The Morgan fingerprint density at radius 3 is 2.36 bits per heavy atom. The predicted octanol–water partition coefficient (Wildman–Crippen LogP) is 3.43. The van der Waals surface area contributed by atoms with Gasteiger partial charge in [0.1, 0.15) is 6.04 Å². The minimum Gasteiger partial charge on any atom is -0.467 e. The molecule has 0 aromatic heterocycles. The van der Waals surface area contributed by atoms with Gasteiger partial charge in [0, 0.05) is 6.42 Å². The second-order valence-corrected chi connectivity index (χ2v) is 5.93. The van der Waals surface area contributed by atoms with Crippen molar-refractivity contribution in [2.45, 2.75) is 25.1 Å². The van der Waals surface area contributed by atoms with Crippen molar-refractivity contribution in [3.63, 3.8) is 0 Å². The number of hydrogen-bond donors (Lipinski definition) is 1. The van der Waals surface area contributed by atoms with E-state index in [-0.39, 0.29) is 11.1 Å². The van der Waals surface area contributed by atoms with Gasteiger partial charge < -0.3 is 10.1 Å². The van der Waals surface area contributed by atoms with E-state index in [0.717, 1.165) is 25.3 Å². The van der Waals surface area contributed by atoms with E-state index in [1.54, 1.807) is 0 Å². The highest BCUT2D eigenvalue weighted by Gasteiger charge is 2.34. The third-order valence-electron chi connectivity index (χ3n) is 3.92. The second-order valence-electron chi connectivity index (χ2n) is 5.93. The van der Waals surface area contributed by atoms with Gasteiger partial charge in [-0.2, -0.15) is 13.2 Å². The Balaban J connectivity index is 2.17. The fourth-order valence-electron chi connectivity index (χ4n) is 2.61. The van der Waals surface area contributed by atoms with Crippen LogP contribution in [0.25, 0.3) is 0 Å². The van der Waals surface area contributed by atoms with E-state index in [1.807, 2.05) is 0 Å². The van der Waals surface area contributed by atoms with E-state index in [4.69, 9.17) is 0 Å². The van der Waals surface area contributed by atoms with E-state index in [9.17, 15) is 31.5 Å². The summed E-state index contributed by atoms with van der Waals surface area (Å²) in [6.45, 7) is 0. The van der Waals surface area contributed by atoms with Gasteiger partial charge in [0.2, 0.25) is 5.91 Å². The third-order valence-corrected chi connectivity index (χ3v) is 3.92. The zero-order valence-corrected chi connectivity index (χ0v) is 14.6. The van der Waals surface area contributed by atoms with Crippen molar-refractivity contribution in [2.75, 3.05) is 7.11 Å². The van der Waals surface area contributed by atoms with E-state index >= 15 is 0 Å². The van der Waals surface area contributed by atoms with Crippen LogP contribution in [0.2, 0.25) is 0 Å². The van der Waals surface area contributed by atoms with Gasteiger partial charge >= 0.3 is 12.1 Å². The SMILES string of the molecule is COC(=O)[C@@H](Cc1ccccc1C(F)(F)F)NC(=O)Cc1ccc(F)c(F)c1. The van der Waals surface area contributed by atoms with Gasteiger partial charge in [-0.1, -0.05) is 24.3 Å². The quantitative estimate of drug-likeness (QED) is 0.596. The summed E-state index contributed by atoms with van der Waals surface area (Å²) in [5.41, 5.74) is -0.993. The molecule has 1 atom stereocenters. The molecule has 1 N–H and O–H groups in total. The highest BCUT2D eigenvalue weighted by atomic mass is 19.4. The lowest BCUT2D eigenvalue weighted by molar-refractivity contribution is -0.145. The molecule has 0 radical (unpaired) electrons. The van der Waals surface area contributed by atoms with Crippen LogP contribution in [0.15, 0.2) is 42.5 Å². The normalized spacial score (nSPS) is 12.4. The molecular formula is C19H16F5NO3. The molecule has 0 aliphatic rings. The fourth-order valence-corrected chi connectivity index (χ4v) is 2.61. The number of esters is 1. The molecule has 28 heavy (non-hydrogen) atoms. The van der Waals surface area contributed by atoms with Crippen LogP contribution in [0, 0.1) is 11.6 Å². The third kappa shape index (κ3) is 5.51. The van der Waals surface area contributed by atoms with Crippen molar-refractivity contribution in [1.82, 2.24) is 5.32 Å². The first-order valence-electron chi connectivity index (χ1n) is 8.08. The molecule has 1 amide bonds. The number of hydrogen-bond acceptors (Lipinski definition) is 3. The van der Waals surface area contributed by atoms with Crippen molar-refractivity contribution in [2.24, 2.45) is 0 Å². The van der Waals surface area contributed by atoms with Gasteiger partial charge in [0.15, 0.2) is 11.6 Å². The number of alkyl halides is 3. The minimum atomic E-state index is -4.63. The van der Waals surface area contributed by atoms with Gasteiger partial charge in [0.05, 0.1) is 19.1 Å². The van der Waals surface area contributed by atoms with Gasteiger partial charge in [-0.05, 0) is 29.3 Å². The van der Waals surface area contributed by atoms with Crippen LogP contribution >= 0.6 is 0 Å². The Hall–Kier alpha value is -2.97. The Kier molecular flexibility index (Phi) is 6.71. The van der Waals surface area contributed by atoms with E-state index in [0.29, 0.717) is 0 Å². The summed E-state index contributed by atoms with van der Waals surface area (Å²) in [5, 5.41) is 2.28. The lowest BCUT2D eigenvalue weighted by Crippen LogP contribution is -2.44. The maximum atomic E-state index is 13.2. The first-order chi connectivity index (χ1) is 13.1. The Labute approximate surface area is 157 Å². The molecule has 9 heteroatoms. The Morgan fingerprint density at radius 1 is 1.07 bits per heavy atom. The molecule has 0 fully saturated rings. The molecule has 2 rings (SSSR count). The Bertz CT molecular complexity index is 867. The fraction of sp³-hybridized carbons (Fsp3) is 0.263. The minimum absolute atomic E-state index is 0.135. The van der Waals surface area contributed by atoms with E-state index in [2.05, 4.69) is 10.1 Å². The van der Waals surface area contributed by atoms with Crippen LogP contribution in [-0.4, -0.2) is 25.0 Å². The standard InChI is InChI=1S/C19H16F5NO3/c1-28-18(27)16(10-12-4-2-3-5-13(12)19(22,23)24)25-17(26)9-11-6-7-14(20)15(21)8-11/h2-8,16H,9-10H2,1H3,(H,25,26)/t16-/m1/s1. The number of benzene rings is 2. The van der Waals surface area contributed by atoms with Gasteiger partial charge in [0.25, 0.3) is 0 Å². The molecule has 150 valence electrons. The lowest BCUT2D eigenvalue weighted by Gasteiger charge is -2.19. The summed E-state index contributed by atoms with van der Waals surface area (Å²) in [7, 11) is 1.03. The number of nitrogens with one attached hydrogen (secondary N) is 1. The highest BCUT2D eigenvalue weighted by Crippen LogP contribution is 2.32. The summed E-state index contributed by atoms with van der Waals surface area (Å²) >= 11 is 0. The molecule has 4 nitrogen and oxygen atoms in total. The number of halogens is 5. The molecule has 0 saturated carbocycles. The van der Waals surface area contributed by atoms with Crippen molar-refractivity contribution in [3.8, 4) is 0 Å². The van der Waals surface area contributed by atoms with Crippen LogP contribution in [-0.2, 0) is 33.3 Å². The van der Waals surface area contributed by atoms with Crippen molar-refractivity contribution in [1.29, 1.82) is 0 Å². The number of amides is 1. The topological polar surface area (TPSA) is 55.4 Å². The molecule has 0 bridgehead atoms. The molecule has 0 spiro atoms. The molecule has 2 aromatic rings. The smallest absolute Gasteiger partial charge is 0.416 e. The number of methoxy groups -OCH3 is 1. The maximum absolute atomic E-state index is 13.2. The van der Waals surface area contributed by atoms with Crippen molar-refractivity contribution >= 4 is 11.9 Å². The summed E-state index contributed by atoms with van der Waals surface area (Å²) in [4.78, 5) is 24.1. The summed E-state index contributed by atoms with van der Waals surface area (Å²) in [5.74, 6) is -3.92. The number of carbonyl (C=O) groups is 2. The Morgan fingerprint density at radius 2 is 1.75 bits per heavy atom. The molecular weight excluding hydrogens is 385 g/mol. The predicted molar refractivity (Wildman–Crippen MR) is 89.2 cm³/mol. The molecule has 0 aliphatic heterocycles. The molecule has 0 unspecified atom stereocenters. The van der Waals surface area contributed by atoms with Crippen LogP contribution in [0.5, 0.6) is 0 Å². The van der Waals surface area contributed by atoms with E-state index in [1.165, 1.54) is 24.3 Å². The van der Waals surface area contributed by atoms with Crippen LogP contribution < -0.4 is 5.32 Å². The zero-order valence-electron chi connectivity index (χ0n) is 14.6. The summed E-state index contributed by atoms with van der Waals surface area (Å²) in [6.07, 6.45) is -5.48. The monoisotopic (exact) mass is 401 g/mol. The molecule has 0 saturated heterocycles. The number of ether oxygens (including phenoxy) is 1. The summed E-state index contributed by atoms with van der Waals surface area (Å²) in [6, 6.07) is 6.11. The largest absolute Gasteiger partial charge is 0.467 e. The summed E-state index contributed by atoms with van der Waals surface area (Å²) < 4.78 is 70.1. The van der Waals surface area contributed by atoms with Gasteiger partial charge in [-0.25, -0.2) is 13.6 Å². The first kappa shape index (κ1) is 21.3. The lowest BCUT2D eigenvalue weighted by atomic mass is 9.99. The average molecular weight is 401 g/mol. The maximum Gasteiger partial charge on any atom is 0.416 e. The van der Waals surface area contributed by atoms with Gasteiger partial charge in [-0.15, -0.1) is 0 Å². The van der Waals surface area contributed by atoms with Crippen LogP contribution in [0.4, 0.5) is 22.0 Å². The number of rotatable bonds is 6. The highest BCUT2D eigenvalue weighted by molar-refractivity contribution is 5.85. The molecule has 0 heterocycles. The molecule has 0 aliphatic carbocycles. The van der Waals surface area contributed by atoms with E-state index < -0.39 is 54.1 Å². The van der Waals surface area contributed by atoms with Gasteiger partial charge in [-0.3, -0.25) is 4.79 Å². The first-order valence-corrected chi connectivity index (χ1v) is 8.08. The van der Waals surface area contributed by atoms with Crippen LogP contribution in [0.3, 0.4) is 0 Å². The number of carbonyl (C=O) groups excluding carboxylic acids is 2. The zero-order chi connectivity index (χ0) is 20.9. The van der Waals surface area contributed by atoms with Crippen molar-refractivity contribution < 1.29 is 36.3 Å². The molecule has 2 aromatic carbocycles.